The Morgan fingerprint density at radius 3 is 2.00 bits per heavy atom. The first kappa shape index (κ1) is 38.7. The van der Waals surface area contributed by atoms with Crippen LogP contribution in [0.15, 0.2) is 24.3 Å². The molecule has 7 N–H and O–H groups in total. The Morgan fingerprint density at radius 2 is 1.36 bits per heavy atom. The molecule has 4 amide bonds. The Bertz CT molecular complexity index is 935. The number of nitrogens with one attached hydrogen (secondary N) is 5. The Kier molecular flexibility index (Phi) is 23.0. The number of amides is 4. The molecule has 1 rings (SSSR count). The maximum Gasteiger partial charge on any atom is 0.251 e. The number of rotatable bonds is 28. The van der Waals surface area contributed by atoms with Gasteiger partial charge < -0.3 is 51.3 Å². The van der Waals surface area contributed by atoms with Gasteiger partial charge in [0.1, 0.15) is 19.3 Å². The van der Waals surface area contributed by atoms with E-state index in [-0.39, 0.29) is 44.8 Å². The molecule has 0 bridgehead atoms. The lowest BCUT2D eigenvalue weighted by Crippen LogP contribution is -2.45. The van der Waals surface area contributed by atoms with E-state index in [1.807, 2.05) is 19.1 Å². The fourth-order valence-electron chi connectivity index (χ4n) is 3.71. The van der Waals surface area contributed by atoms with Crippen molar-refractivity contribution in [1.29, 1.82) is 0 Å². The zero-order chi connectivity index (χ0) is 32.3. The molecule has 0 saturated carbocycles. The molecule has 0 spiro atoms. The van der Waals surface area contributed by atoms with Gasteiger partial charge in [-0.05, 0) is 56.5 Å². The molecule has 0 aliphatic heterocycles. The molecule has 0 aliphatic rings. The van der Waals surface area contributed by atoms with Crippen molar-refractivity contribution in [2.75, 3.05) is 90.9 Å². The molecule has 0 fully saturated rings. The van der Waals surface area contributed by atoms with Gasteiger partial charge in [0.15, 0.2) is 0 Å². The number of anilines is 1. The van der Waals surface area contributed by atoms with Crippen LogP contribution in [0.1, 0.15) is 49.9 Å². The van der Waals surface area contributed by atoms with Crippen LogP contribution in [0, 0.1) is 0 Å². The van der Waals surface area contributed by atoms with E-state index >= 15 is 0 Å². The predicted molar refractivity (Wildman–Crippen MR) is 167 cm³/mol. The van der Waals surface area contributed by atoms with Crippen molar-refractivity contribution in [2.45, 2.75) is 45.6 Å². The monoisotopic (exact) mass is 624 g/mol. The molecule has 14 heteroatoms. The first-order valence-corrected chi connectivity index (χ1v) is 15.4. The van der Waals surface area contributed by atoms with Crippen LogP contribution in [0.2, 0.25) is 0 Å². The molecule has 1 aromatic rings. The van der Waals surface area contributed by atoms with Gasteiger partial charge in [-0.25, -0.2) is 0 Å². The van der Waals surface area contributed by atoms with Crippen LogP contribution >= 0.6 is 0 Å². The molecule has 0 saturated heterocycles. The summed E-state index contributed by atoms with van der Waals surface area (Å²) in [6, 6.07) is 6.45. The number of nitrogens with two attached hydrogens (primary N) is 1. The quantitative estimate of drug-likeness (QED) is 0.0701. The third-order valence-electron chi connectivity index (χ3n) is 6.06. The second-order valence-corrected chi connectivity index (χ2v) is 9.81. The van der Waals surface area contributed by atoms with Crippen LogP contribution in [-0.2, 0) is 33.3 Å². The summed E-state index contributed by atoms with van der Waals surface area (Å²) in [6.07, 6.45) is 2.56. The number of ether oxygens (including phenoxy) is 4. The van der Waals surface area contributed by atoms with Gasteiger partial charge in [0.05, 0.1) is 39.6 Å². The van der Waals surface area contributed by atoms with E-state index < -0.39 is 17.9 Å². The molecule has 0 aliphatic carbocycles. The molecular formula is C30H52N6O8. The molecule has 1 aromatic carbocycles. The lowest BCUT2D eigenvalue weighted by Gasteiger charge is -2.15. The molecule has 14 nitrogen and oxygen atoms in total. The smallest absolute Gasteiger partial charge is 0.251 e. The highest BCUT2D eigenvalue weighted by Crippen LogP contribution is 2.09. The van der Waals surface area contributed by atoms with E-state index in [1.165, 1.54) is 0 Å². The number of primary amides is 1. The number of likely N-dealkylation sites (N-methyl/N-ethyl adjacent to an activating group) is 1. The standard InChI is InChI=1S/C30H52N6O8/c1-3-12-33-25-10-8-24(9-11-25)30(40)35-13-6-5-7-26(29(31)39)36-28(38)23-44-21-19-42-17-15-34-27(37)22-43-20-18-41-16-14-32-4-2/h8-11,26,32-33H,3-7,12-23H2,1-2H3,(H2,31,39)(H,34,37)(H,35,40)(H,36,38). The third-order valence-corrected chi connectivity index (χ3v) is 6.06. The Balaban J connectivity index is 2.04. The number of hydrogen-bond acceptors (Lipinski definition) is 10. The van der Waals surface area contributed by atoms with Gasteiger partial charge in [-0.1, -0.05) is 13.8 Å². The minimum atomic E-state index is -0.829. The minimum Gasteiger partial charge on any atom is -0.385 e. The highest BCUT2D eigenvalue weighted by Gasteiger charge is 2.17. The van der Waals surface area contributed by atoms with Crippen molar-refractivity contribution in [3.63, 3.8) is 0 Å². The average Bonchev–Trinajstić information content (AvgIpc) is 3.01. The van der Waals surface area contributed by atoms with Gasteiger partial charge in [0.2, 0.25) is 17.7 Å². The van der Waals surface area contributed by atoms with Crippen LogP contribution in [0.4, 0.5) is 5.69 Å². The molecule has 0 aromatic heterocycles. The molecule has 1 unspecified atom stereocenters. The summed E-state index contributed by atoms with van der Waals surface area (Å²) < 4.78 is 21.2. The minimum absolute atomic E-state index is 0.0515. The first-order valence-electron chi connectivity index (χ1n) is 15.4. The maximum absolute atomic E-state index is 12.3. The van der Waals surface area contributed by atoms with Crippen molar-refractivity contribution < 1.29 is 38.1 Å². The largest absolute Gasteiger partial charge is 0.385 e. The van der Waals surface area contributed by atoms with Crippen LogP contribution in [0.5, 0.6) is 0 Å². The van der Waals surface area contributed by atoms with Crippen LogP contribution in [0.25, 0.3) is 0 Å². The number of hydrogen-bond donors (Lipinski definition) is 6. The Hall–Kier alpha value is -3.30. The first-order chi connectivity index (χ1) is 21.4. The number of carbonyl (C=O) groups excluding carboxylic acids is 4. The normalized spacial score (nSPS) is 11.5. The molecule has 0 heterocycles. The average molecular weight is 625 g/mol. The maximum atomic E-state index is 12.3. The summed E-state index contributed by atoms with van der Waals surface area (Å²) in [5.41, 5.74) is 6.97. The van der Waals surface area contributed by atoms with Crippen molar-refractivity contribution in [3.05, 3.63) is 29.8 Å². The summed E-state index contributed by atoms with van der Waals surface area (Å²) >= 11 is 0. The molecule has 44 heavy (non-hydrogen) atoms. The number of carbonyl (C=O) groups is 4. The van der Waals surface area contributed by atoms with Gasteiger partial charge in [0, 0.05) is 37.4 Å². The van der Waals surface area contributed by atoms with E-state index in [9.17, 15) is 19.2 Å². The van der Waals surface area contributed by atoms with Crippen molar-refractivity contribution in [1.82, 2.24) is 21.3 Å². The second kappa shape index (κ2) is 26.1. The fraction of sp³-hybridized carbons (Fsp3) is 0.667. The molecule has 0 radical (unpaired) electrons. The van der Waals surface area contributed by atoms with Crippen LogP contribution < -0.4 is 32.3 Å². The lowest BCUT2D eigenvalue weighted by molar-refractivity contribution is -0.131. The summed E-state index contributed by atoms with van der Waals surface area (Å²) in [5.74, 6) is -1.52. The van der Waals surface area contributed by atoms with Gasteiger partial charge in [0.25, 0.3) is 5.91 Å². The van der Waals surface area contributed by atoms with Gasteiger partial charge in [-0.3, -0.25) is 19.2 Å². The van der Waals surface area contributed by atoms with E-state index in [0.29, 0.717) is 57.7 Å². The van der Waals surface area contributed by atoms with E-state index in [4.69, 9.17) is 24.7 Å². The zero-order valence-electron chi connectivity index (χ0n) is 26.3. The molecule has 250 valence electrons. The Morgan fingerprint density at radius 1 is 0.727 bits per heavy atom. The van der Waals surface area contributed by atoms with Crippen LogP contribution in [0.3, 0.4) is 0 Å². The Labute approximate surface area is 260 Å². The lowest BCUT2D eigenvalue weighted by atomic mass is 10.1. The van der Waals surface area contributed by atoms with Gasteiger partial charge in [-0.2, -0.15) is 0 Å². The molecule has 1 atom stereocenters. The number of benzene rings is 1. The molecular weight excluding hydrogens is 572 g/mol. The van der Waals surface area contributed by atoms with E-state index in [2.05, 4.69) is 33.5 Å². The SMILES string of the molecule is CCCNc1ccc(C(=O)NCCCCC(NC(=O)COCCOCCNC(=O)COCCOCCNCC)C(N)=O)cc1. The highest BCUT2D eigenvalue weighted by atomic mass is 16.5. The highest BCUT2D eigenvalue weighted by molar-refractivity contribution is 5.94. The van der Waals surface area contributed by atoms with E-state index in [1.54, 1.807) is 12.1 Å². The topological polar surface area (TPSA) is 191 Å². The van der Waals surface area contributed by atoms with Crippen molar-refractivity contribution in [2.24, 2.45) is 5.73 Å². The predicted octanol–water partition coefficient (Wildman–Crippen LogP) is 0.171. The second-order valence-electron chi connectivity index (χ2n) is 9.81. The van der Waals surface area contributed by atoms with Crippen molar-refractivity contribution >= 4 is 29.3 Å². The van der Waals surface area contributed by atoms with Gasteiger partial charge in [-0.15, -0.1) is 0 Å². The zero-order valence-corrected chi connectivity index (χ0v) is 26.3. The summed E-state index contributed by atoms with van der Waals surface area (Å²) in [4.78, 5) is 48.0. The van der Waals surface area contributed by atoms with Crippen LogP contribution in [-0.4, -0.2) is 115 Å². The fourth-order valence-corrected chi connectivity index (χ4v) is 3.71. The van der Waals surface area contributed by atoms with E-state index in [0.717, 1.165) is 31.7 Å². The summed E-state index contributed by atoms with van der Waals surface area (Å²) in [6.45, 7) is 9.15. The summed E-state index contributed by atoms with van der Waals surface area (Å²) in [7, 11) is 0. The van der Waals surface area contributed by atoms with Gasteiger partial charge >= 0.3 is 0 Å². The number of unbranched alkanes of at least 4 members (excludes halogenated alkanes) is 1. The van der Waals surface area contributed by atoms with Crippen molar-refractivity contribution in [3.8, 4) is 0 Å². The third kappa shape index (κ3) is 20.6. The summed E-state index contributed by atoms with van der Waals surface area (Å²) in [5, 5.41) is 14.5.